The van der Waals surface area contributed by atoms with Crippen LogP contribution in [-0.4, -0.2) is 20.6 Å². The van der Waals surface area contributed by atoms with Gasteiger partial charge in [-0.15, -0.1) is 13.2 Å². The van der Waals surface area contributed by atoms with Gasteiger partial charge in [0.25, 0.3) is 0 Å². The zero-order chi connectivity index (χ0) is 11.5. The molecule has 0 aromatic heterocycles. The van der Waals surface area contributed by atoms with Crippen LogP contribution >= 0.6 is 0 Å². The minimum Gasteiger partial charge on any atom is -0.493 e. The Morgan fingerprint density at radius 2 is 1.60 bits per heavy atom. The average Bonchev–Trinajstić information content (AvgIpc) is 2.15. The van der Waals surface area contributed by atoms with Crippen molar-refractivity contribution in [1.82, 2.24) is 0 Å². The Bertz CT molecular complexity index is 336. The molecule has 0 bridgehead atoms. The van der Waals surface area contributed by atoms with Crippen LogP contribution in [0.25, 0.3) is 0 Å². The summed E-state index contributed by atoms with van der Waals surface area (Å²) in [5.74, 6) is 0.173. The van der Waals surface area contributed by atoms with Crippen LogP contribution in [0.3, 0.4) is 0 Å². The molecule has 3 nitrogen and oxygen atoms in total. The Morgan fingerprint density at radius 1 is 1.00 bits per heavy atom. The van der Waals surface area contributed by atoms with E-state index in [2.05, 4.69) is 4.74 Å². The summed E-state index contributed by atoms with van der Waals surface area (Å²) in [4.78, 5) is 0. The molecule has 0 aliphatic carbocycles. The normalized spacial score (nSPS) is 11.0. The van der Waals surface area contributed by atoms with Crippen molar-refractivity contribution < 1.29 is 27.4 Å². The van der Waals surface area contributed by atoms with E-state index < -0.39 is 6.36 Å². The number of alkyl halides is 3. The van der Waals surface area contributed by atoms with E-state index in [1.54, 1.807) is 0 Å². The van der Waals surface area contributed by atoms with Crippen molar-refractivity contribution >= 4 is 0 Å². The zero-order valence-corrected chi connectivity index (χ0v) is 8.09. The summed E-state index contributed by atoms with van der Waals surface area (Å²) in [7, 11) is 2.72. The van der Waals surface area contributed by atoms with Gasteiger partial charge in [-0.2, -0.15) is 0 Å². The second kappa shape index (κ2) is 4.29. The molecule has 0 fully saturated rings. The lowest BCUT2D eigenvalue weighted by Gasteiger charge is -2.11. The SMILES string of the molecule is COc1ccc(OC(F)(F)F)cc1OC. The molecule has 15 heavy (non-hydrogen) atoms. The van der Waals surface area contributed by atoms with Crippen LogP contribution in [-0.2, 0) is 0 Å². The molecule has 0 amide bonds. The molecule has 84 valence electrons. The minimum atomic E-state index is -4.71. The fraction of sp³-hybridized carbons (Fsp3) is 0.333. The van der Waals surface area contributed by atoms with Crippen molar-refractivity contribution in [3.05, 3.63) is 18.2 Å². The maximum absolute atomic E-state index is 11.9. The first-order valence-corrected chi connectivity index (χ1v) is 3.94. The van der Waals surface area contributed by atoms with Gasteiger partial charge in [-0.1, -0.05) is 0 Å². The van der Waals surface area contributed by atoms with Crippen LogP contribution in [0, 0.1) is 0 Å². The van der Waals surface area contributed by atoms with Gasteiger partial charge in [0.15, 0.2) is 11.5 Å². The molecule has 0 spiro atoms. The molecule has 1 rings (SSSR count). The Labute approximate surface area is 84.4 Å². The van der Waals surface area contributed by atoms with Crippen molar-refractivity contribution in [2.45, 2.75) is 6.36 Å². The minimum absolute atomic E-state index is 0.180. The van der Waals surface area contributed by atoms with Gasteiger partial charge in [-0.25, -0.2) is 0 Å². The van der Waals surface area contributed by atoms with E-state index in [0.29, 0.717) is 5.75 Å². The second-order valence-corrected chi connectivity index (χ2v) is 2.56. The molecule has 0 saturated heterocycles. The second-order valence-electron chi connectivity index (χ2n) is 2.56. The lowest BCUT2D eigenvalue weighted by molar-refractivity contribution is -0.274. The topological polar surface area (TPSA) is 27.7 Å². The van der Waals surface area contributed by atoms with Gasteiger partial charge in [0.2, 0.25) is 0 Å². The molecule has 0 heterocycles. The van der Waals surface area contributed by atoms with E-state index in [0.717, 1.165) is 12.1 Å². The quantitative estimate of drug-likeness (QED) is 0.786. The Kier molecular flexibility index (Phi) is 3.28. The maximum Gasteiger partial charge on any atom is 0.573 e. The average molecular weight is 222 g/mol. The number of hydrogen-bond acceptors (Lipinski definition) is 3. The molecular weight excluding hydrogens is 213 g/mol. The van der Waals surface area contributed by atoms with Crippen molar-refractivity contribution in [1.29, 1.82) is 0 Å². The van der Waals surface area contributed by atoms with Gasteiger partial charge in [0.1, 0.15) is 5.75 Å². The molecule has 1 aromatic carbocycles. The molecule has 0 atom stereocenters. The highest BCUT2D eigenvalue weighted by atomic mass is 19.4. The summed E-state index contributed by atoms with van der Waals surface area (Å²) in [5, 5.41) is 0. The van der Waals surface area contributed by atoms with E-state index >= 15 is 0 Å². The predicted octanol–water partition coefficient (Wildman–Crippen LogP) is 2.60. The zero-order valence-electron chi connectivity index (χ0n) is 8.09. The van der Waals surface area contributed by atoms with Crippen molar-refractivity contribution in [2.75, 3.05) is 14.2 Å². The fourth-order valence-corrected chi connectivity index (χ4v) is 1.01. The van der Waals surface area contributed by atoms with Crippen LogP contribution in [0.4, 0.5) is 13.2 Å². The molecule has 0 saturated carbocycles. The number of rotatable bonds is 3. The van der Waals surface area contributed by atoms with Gasteiger partial charge in [0, 0.05) is 6.07 Å². The highest BCUT2D eigenvalue weighted by Gasteiger charge is 2.31. The van der Waals surface area contributed by atoms with E-state index in [9.17, 15) is 13.2 Å². The molecule has 0 aliphatic rings. The van der Waals surface area contributed by atoms with Crippen LogP contribution in [0.1, 0.15) is 0 Å². The molecule has 0 radical (unpaired) electrons. The van der Waals surface area contributed by atoms with Gasteiger partial charge in [0.05, 0.1) is 14.2 Å². The summed E-state index contributed by atoms with van der Waals surface area (Å²) in [5.41, 5.74) is 0. The number of methoxy groups -OCH3 is 2. The van der Waals surface area contributed by atoms with Gasteiger partial charge < -0.3 is 14.2 Å². The first-order chi connectivity index (χ1) is 6.96. The third-order valence-corrected chi connectivity index (χ3v) is 1.59. The largest absolute Gasteiger partial charge is 0.573 e. The Hall–Kier alpha value is -1.59. The number of hydrogen-bond donors (Lipinski definition) is 0. The molecule has 0 N–H and O–H groups in total. The summed E-state index contributed by atoms with van der Waals surface area (Å²) in [6.07, 6.45) is -4.71. The summed E-state index contributed by atoms with van der Waals surface area (Å²) in [6.45, 7) is 0. The van der Waals surface area contributed by atoms with Gasteiger partial charge in [-0.05, 0) is 12.1 Å². The predicted molar refractivity (Wildman–Crippen MR) is 46.2 cm³/mol. The Balaban J connectivity index is 2.93. The first kappa shape index (κ1) is 11.5. The van der Waals surface area contributed by atoms with E-state index in [1.807, 2.05) is 0 Å². The molecule has 0 unspecified atom stereocenters. The molecule has 1 aromatic rings. The third kappa shape index (κ3) is 3.23. The molecular formula is C9H9F3O3. The lowest BCUT2D eigenvalue weighted by Crippen LogP contribution is -2.17. The first-order valence-electron chi connectivity index (χ1n) is 3.94. The monoisotopic (exact) mass is 222 g/mol. The van der Waals surface area contributed by atoms with E-state index in [4.69, 9.17) is 9.47 Å². The van der Waals surface area contributed by atoms with Crippen molar-refractivity contribution in [2.24, 2.45) is 0 Å². The van der Waals surface area contributed by atoms with Crippen LogP contribution in [0.15, 0.2) is 18.2 Å². The number of benzene rings is 1. The van der Waals surface area contributed by atoms with Crippen LogP contribution in [0.2, 0.25) is 0 Å². The third-order valence-electron chi connectivity index (χ3n) is 1.59. The lowest BCUT2D eigenvalue weighted by atomic mass is 10.3. The van der Waals surface area contributed by atoms with Crippen LogP contribution < -0.4 is 14.2 Å². The van der Waals surface area contributed by atoms with E-state index in [-0.39, 0.29) is 11.5 Å². The maximum atomic E-state index is 11.9. The van der Waals surface area contributed by atoms with E-state index in [1.165, 1.54) is 20.3 Å². The summed E-state index contributed by atoms with van der Waals surface area (Å²) in [6, 6.07) is 3.58. The van der Waals surface area contributed by atoms with Crippen molar-refractivity contribution in [3.63, 3.8) is 0 Å². The fourth-order valence-electron chi connectivity index (χ4n) is 1.01. The van der Waals surface area contributed by atoms with Gasteiger partial charge >= 0.3 is 6.36 Å². The van der Waals surface area contributed by atoms with Gasteiger partial charge in [-0.3, -0.25) is 0 Å². The summed E-state index contributed by atoms with van der Waals surface area (Å²) >= 11 is 0. The molecule has 0 aliphatic heterocycles. The number of ether oxygens (including phenoxy) is 3. The molecule has 6 heteroatoms. The highest BCUT2D eigenvalue weighted by molar-refractivity contribution is 5.45. The Morgan fingerprint density at radius 3 is 2.07 bits per heavy atom. The van der Waals surface area contributed by atoms with Crippen molar-refractivity contribution in [3.8, 4) is 17.2 Å². The smallest absolute Gasteiger partial charge is 0.493 e. The van der Waals surface area contributed by atoms with Crippen LogP contribution in [0.5, 0.6) is 17.2 Å². The highest BCUT2D eigenvalue weighted by Crippen LogP contribution is 2.33. The number of halogens is 3. The summed E-state index contributed by atoms with van der Waals surface area (Å²) < 4.78 is 49.0. The standard InChI is InChI=1S/C9H9F3O3/c1-13-7-4-3-6(5-8(7)14-2)15-9(10,11)12/h3-5H,1-2H3.